The van der Waals surface area contributed by atoms with E-state index in [2.05, 4.69) is 72.8 Å². The van der Waals surface area contributed by atoms with Crippen LogP contribution in [0.1, 0.15) is 49.8 Å². The number of hydrogen-bond acceptors (Lipinski definition) is 5. The number of carbonyl (C=O) groups is 1. The predicted molar refractivity (Wildman–Crippen MR) is 152 cm³/mol. The van der Waals surface area contributed by atoms with Gasteiger partial charge in [0.2, 0.25) is 0 Å². The Bertz CT molecular complexity index is 1020. The zero-order valence-electron chi connectivity index (χ0n) is 21.7. The Balaban J connectivity index is 0.00000210. The first-order valence-electron chi connectivity index (χ1n) is 12.6. The molecule has 3 aromatic rings. The Morgan fingerprint density at radius 2 is 1.54 bits per heavy atom. The van der Waals surface area contributed by atoms with Crippen LogP contribution in [0, 0.1) is 0 Å². The predicted octanol–water partition coefficient (Wildman–Crippen LogP) is 7.04. The van der Waals surface area contributed by atoms with Gasteiger partial charge in [0.15, 0.2) is 0 Å². The molecule has 0 radical (unpaired) electrons. The number of rotatable bonds is 12. The van der Waals surface area contributed by atoms with E-state index >= 15 is 0 Å². The van der Waals surface area contributed by atoms with Crippen LogP contribution in [0.5, 0.6) is 0 Å². The van der Waals surface area contributed by atoms with Gasteiger partial charge in [0, 0.05) is 5.69 Å². The van der Waals surface area contributed by atoms with Crippen molar-refractivity contribution in [3.8, 4) is 0 Å². The summed E-state index contributed by atoms with van der Waals surface area (Å²) >= 11 is 1.16. The number of nitrogens with zero attached hydrogens (tertiary/aromatic N) is 1. The summed E-state index contributed by atoms with van der Waals surface area (Å²) in [5.41, 5.74) is 10.2. The van der Waals surface area contributed by atoms with Crippen LogP contribution in [0.15, 0.2) is 60.7 Å². The summed E-state index contributed by atoms with van der Waals surface area (Å²) < 4.78 is 5.38. The standard InChI is InChI=1S/C27H35N3O2S.C2H6/c1-30(2)19-7-8-21-12-16-24(17-13-21)29-27(31)32-33-20-23-15-14-22(9-5-6-18-28)25-10-3-4-11-26(23)25;1-2/h3-4,10-17H,5-9,18-20,28H2,1-2H3,(H,29,31);1-2H3. The number of carbonyl (C=O) groups excluding carboxylic acids is 1. The van der Waals surface area contributed by atoms with Crippen molar-refractivity contribution in [3.05, 3.63) is 77.4 Å². The number of nitrogens with one attached hydrogen (secondary N) is 1. The molecule has 35 heavy (non-hydrogen) atoms. The van der Waals surface area contributed by atoms with E-state index in [0.717, 1.165) is 68.5 Å². The highest BCUT2D eigenvalue weighted by Crippen LogP contribution is 2.27. The second-order valence-electron chi connectivity index (χ2n) is 8.54. The van der Waals surface area contributed by atoms with Crippen molar-refractivity contribution in [2.45, 2.75) is 51.7 Å². The molecule has 0 aliphatic carbocycles. The maximum atomic E-state index is 12.2. The van der Waals surface area contributed by atoms with E-state index in [4.69, 9.17) is 9.92 Å². The van der Waals surface area contributed by atoms with Crippen molar-refractivity contribution < 1.29 is 8.98 Å². The van der Waals surface area contributed by atoms with Gasteiger partial charge in [0.1, 0.15) is 0 Å². The summed E-state index contributed by atoms with van der Waals surface area (Å²) in [5.74, 6) is 0.599. The van der Waals surface area contributed by atoms with E-state index in [1.807, 2.05) is 26.0 Å². The van der Waals surface area contributed by atoms with Gasteiger partial charge in [-0.25, -0.2) is 4.79 Å². The molecular weight excluding hydrogens is 454 g/mol. The number of nitrogens with two attached hydrogens (primary N) is 1. The average molecular weight is 496 g/mol. The highest BCUT2D eigenvalue weighted by atomic mass is 32.2. The molecule has 0 aliphatic heterocycles. The van der Waals surface area contributed by atoms with E-state index in [-0.39, 0.29) is 0 Å². The summed E-state index contributed by atoms with van der Waals surface area (Å²) in [4.78, 5) is 14.4. The number of hydrogen-bond donors (Lipinski definition) is 2. The molecule has 6 heteroatoms. The minimum Gasteiger partial charge on any atom is -0.374 e. The zero-order valence-corrected chi connectivity index (χ0v) is 22.5. The molecule has 0 aliphatic rings. The Kier molecular flexibility index (Phi) is 13.3. The summed E-state index contributed by atoms with van der Waals surface area (Å²) in [7, 11) is 4.16. The summed E-state index contributed by atoms with van der Waals surface area (Å²) in [5, 5.41) is 5.28. The lowest BCUT2D eigenvalue weighted by Crippen LogP contribution is -2.13. The number of fused-ring (bicyclic) bond motifs is 1. The molecule has 0 aromatic heterocycles. The van der Waals surface area contributed by atoms with Gasteiger partial charge < -0.3 is 14.8 Å². The number of unbranched alkanes of at least 4 members (excludes halogenated alkanes) is 1. The molecule has 3 rings (SSSR count). The average Bonchev–Trinajstić information content (AvgIpc) is 2.87. The fraction of sp³-hybridized carbons (Fsp3) is 0.414. The van der Waals surface area contributed by atoms with Gasteiger partial charge in [-0.1, -0.05) is 62.4 Å². The van der Waals surface area contributed by atoms with Crippen LogP contribution in [0.4, 0.5) is 10.5 Å². The van der Waals surface area contributed by atoms with Gasteiger partial charge in [-0.05, 0) is 98.9 Å². The van der Waals surface area contributed by atoms with Crippen LogP contribution >= 0.6 is 12.0 Å². The SMILES string of the molecule is CC.CN(C)CCCc1ccc(NC(=O)OSCc2ccc(CCCCN)c3ccccc23)cc1. The Morgan fingerprint density at radius 3 is 2.20 bits per heavy atom. The fourth-order valence-electron chi connectivity index (χ4n) is 3.87. The molecule has 190 valence electrons. The van der Waals surface area contributed by atoms with Gasteiger partial charge in [0.25, 0.3) is 0 Å². The molecule has 0 spiro atoms. The van der Waals surface area contributed by atoms with E-state index in [0.29, 0.717) is 5.75 Å². The Morgan fingerprint density at radius 1 is 0.886 bits per heavy atom. The van der Waals surface area contributed by atoms with Crippen molar-refractivity contribution in [1.82, 2.24) is 4.90 Å². The third kappa shape index (κ3) is 9.92. The van der Waals surface area contributed by atoms with Crippen LogP contribution < -0.4 is 11.1 Å². The van der Waals surface area contributed by atoms with Gasteiger partial charge in [-0.15, -0.1) is 0 Å². The van der Waals surface area contributed by atoms with Gasteiger partial charge in [-0.3, -0.25) is 5.32 Å². The van der Waals surface area contributed by atoms with E-state index < -0.39 is 6.09 Å². The van der Waals surface area contributed by atoms with Crippen molar-refractivity contribution in [1.29, 1.82) is 0 Å². The number of anilines is 1. The summed E-state index contributed by atoms with van der Waals surface area (Å²) in [6.07, 6.45) is 4.84. The first kappa shape index (κ1) is 28.7. The fourth-order valence-corrected chi connectivity index (χ4v) is 4.45. The number of amides is 1. The monoisotopic (exact) mass is 495 g/mol. The van der Waals surface area contributed by atoms with E-state index in [9.17, 15) is 4.79 Å². The lowest BCUT2D eigenvalue weighted by atomic mass is 9.97. The number of benzene rings is 3. The highest BCUT2D eigenvalue weighted by molar-refractivity contribution is 7.94. The largest absolute Gasteiger partial charge is 0.423 e. The minimum absolute atomic E-state index is 0.455. The van der Waals surface area contributed by atoms with E-state index in [1.165, 1.54) is 21.9 Å². The van der Waals surface area contributed by atoms with Crippen molar-refractivity contribution in [3.63, 3.8) is 0 Å². The van der Waals surface area contributed by atoms with Gasteiger partial charge in [0.05, 0.1) is 17.8 Å². The molecular formula is C29H41N3O2S. The summed E-state index contributed by atoms with van der Waals surface area (Å²) in [6, 6.07) is 20.7. The highest BCUT2D eigenvalue weighted by Gasteiger charge is 2.09. The second-order valence-corrected chi connectivity index (χ2v) is 9.23. The molecule has 0 bridgehead atoms. The van der Waals surface area contributed by atoms with Crippen molar-refractivity contribution in [2.75, 3.05) is 32.5 Å². The van der Waals surface area contributed by atoms with E-state index in [1.54, 1.807) is 0 Å². The molecule has 0 saturated heterocycles. The summed E-state index contributed by atoms with van der Waals surface area (Å²) in [6.45, 7) is 5.79. The molecule has 0 atom stereocenters. The smallest absolute Gasteiger partial charge is 0.374 e. The van der Waals surface area contributed by atoms with Crippen molar-refractivity contribution in [2.24, 2.45) is 5.73 Å². The van der Waals surface area contributed by atoms with Crippen LogP contribution in [-0.4, -0.2) is 38.2 Å². The van der Waals surface area contributed by atoms with Crippen LogP contribution in [0.25, 0.3) is 10.8 Å². The van der Waals surface area contributed by atoms with Gasteiger partial charge in [-0.2, -0.15) is 0 Å². The van der Waals surface area contributed by atoms with Crippen LogP contribution in [-0.2, 0) is 22.8 Å². The zero-order chi connectivity index (χ0) is 25.5. The molecule has 0 fully saturated rings. The minimum atomic E-state index is -0.455. The lowest BCUT2D eigenvalue weighted by Gasteiger charge is -2.11. The Hall–Kier alpha value is -2.54. The maximum Gasteiger partial charge on any atom is 0.423 e. The number of aryl methyl sites for hydroxylation is 2. The second kappa shape index (κ2) is 16.2. The van der Waals surface area contributed by atoms with Crippen LogP contribution in [0.3, 0.4) is 0 Å². The first-order valence-corrected chi connectivity index (χ1v) is 13.5. The molecule has 1 amide bonds. The maximum absolute atomic E-state index is 12.2. The molecule has 0 saturated carbocycles. The quantitative estimate of drug-likeness (QED) is 0.208. The third-order valence-electron chi connectivity index (χ3n) is 5.63. The molecule has 0 unspecified atom stereocenters. The first-order chi connectivity index (χ1) is 17.1. The molecule has 5 nitrogen and oxygen atoms in total. The molecule has 0 heterocycles. The topological polar surface area (TPSA) is 67.6 Å². The van der Waals surface area contributed by atoms with Crippen molar-refractivity contribution >= 4 is 34.6 Å². The normalized spacial score (nSPS) is 10.7. The Labute approximate surface area is 215 Å². The molecule has 3 N–H and O–H groups in total. The van der Waals surface area contributed by atoms with Gasteiger partial charge >= 0.3 is 6.09 Å². The third-order valence-corrected chi connectivity index (χ3v) is 6.32. The molecule has 3 aromatic carbocycles. The lowest BCUT2D eigenvalue weighted by molar-refractivity contribution is 0.222. The van der Waals surface area contributed by atoms with Crippen LogP contribution in [0.2, 0.25) is 0 Å².